The number of aromatic carboxylic acids is 1. The van der Waals surface area contributed by atoms with Gasteiger partial charge in [0.1, 0.15) is 0 Å². The fourth-order valence-corrected chi connectivity index (χ4v) is 1.55. The summed E-state index contributed by atoms with van der Waals surface area (Å²) in [6, 6.07) is 4.77. The van der Waals surface area contributed by atoms with Crippen LogP contribution in [0.2, 0.25) is 5.02 Å². The number of hydrogen-bond acceptors (Lipinski definition) is 3. The van der Waals surface area contributed by atoms with Gasteiger partial charge >= 0.3 is 5.97 Å². The van der Waals surface area contributed by atoms with Crippen LogP contribution in [-0.4, -0.2) is 25.8 Å². The molecule has 0 amide bonds. The largest absolute Gasteiger partial charge is 0.477 e. The number of nitrogens with zero attached hydrogens (tertiary/aromatic N) is 3. The highest BCUT2D eigenvalue weighted by atomic mass is 35.5. The molecule has 0 saturated heterocycles. The van der Waals surface area contributed by atoms with Gasteiger partial charge in [-0.1, -0.05) is 11.6 Å². The summed E-state index contributed by atoms with van der Waals surface area (Å²) in [6.07, 6.45) is 1.53. The molecule has 0 unspecified atom stereocenters. The lowest BCUT2D eigenvalue weighted by atomic mass is 10.3. The van der Waals surface area contributed by atoms with Crippen molar-refractivity contribution in [2.24, 2.45) is 0 Å². The van der Waals surface area contributed by atoms with E-state index in [9.17, 15) is 4.79 Å². The van der Waals surface area contributed by atoms with Crippen LogP contribution in [0.4, 0.5) is 0 Å². The van der Waals surface area contributed by atoms with E-state index in [2.05, 4.69) is 10.1 Å². The van der Waals surface area contributed by atoms with Crippen LogP contribution in [-0.2, 0) is 0 Å². The third-order valence-electron chi connectivity index (χ3n) is 1.99. The monoisotopic (exact) mass is 237 g/mol. The Morgan fingerprint density at radius 3 is 2.94 bits per heavy atom. The number of carbonyl (C=O) groups is 1. The molecule has 0 spiro atoms. The fourth-order valence-electron chi connectivity index (χ4n) is 1.35. The summed E-state index contributed by atoms with van der Waals surface area (Å²) in [5.74, 6) is -0.753. The van der Waals surface area contributed by atoms with Gasteiger partial charge in [0.15, 0.2) is 11.5 Å². The normalized spacial score (nSPS) is 10.4. The number of pyridine rings is 1. The second-order valence-electron chi connectivity index (χ2n) is 3.20. The molecule has 0 radical (unpaired) electrons. The molecule has 6 heteroatoms. The highest BCUT2D eigenvalue weighted by Gasteiger charge is 2.16. The summed E-state index contributed by atoms with van der Waals surface area (Å²) in [4.78, 5) is 15.0. The molecule has 16 heavy (non-hydrogen) atoms. The molecule has 5 nitrogen and oxygen atoms in total. The molecule has 0 aromatic carbocycles. The van der Waals surface area contributed by atoms with Gasteiger partial charge in [0.25, 0.3) is 0 Å². The predicted molar refractivity (Wildman–Crippen MR) is 58.1 cm³/mol. The van der Waals surface area contributed by atoms with Crippen LogP contribution < -0.4 is 0 Å². The van der Waals surface area contributed by atoms with Gasteiger partial charge in [0, 0.05) is 6.20 Å². The minimum absolute atomic E-state index is 0.0399. The summed E-state index contributed by atoms with van der Waals surface area (Å²) in [7, 11) is 0. The number of aromatic nitrogens is 3. The third-order valence-corrected chi connectivity index (χ3v) is 2.29. The predicted octanol–water partition coefficient (Wildman–Crippen LogP) is 1.93. The first-order chi connectivity index (χ1) is 7.59. The smallest absolute Gasteiger partial charge is 0.354 e. The zero-order chi connectivity index (χ0) is 11.7. The van der Waals surface area contributed by atoms with Crippen LogP contribution >= 0.6 is 11.6 Å². The Bertz CT molecular complexity index is 551. The molecular weight excluding hydrogens is 230 g/mol. The van der Waals surface area contributed by atoms with Crippen molar-refractivity contribution in [1.82, 2.24) is 14.8 Å². The van der Waals surface area contributed by atoms with Crippen molar-refractivity contribution in [3.63, 3.8) is 0 Å². The minimum Gasteiger partial charge on any atom is -0.477 e. The number of carboxylic acid groups (broad SMARTS) is 1. The van der Waals surface area contributed by atoms with Gasteiger partial charge in [-0.3, -0.25) is 0 Å². The van der Waals surface area contributed by atoms with Gasteiger partial charge in [-0.05, 0) is 25.1 Å². The van der Waals surface area contributed by atoms with Crippen molar-refractivity contribution >= 4 is 17.6 Å². The van der Waals surface area contributed by atoms with Crippen LogP contribution in [0, 0.1) is 6.92 Å². The van der Waals surface area contributed by atoms with E-state index in [1.165, 1.54) is 16.9 Å². The van der Waals surface area contributed by atoms with Crippen molar-refractivity contribution < 1.29 is 9.90 Å². The summed E-state index contributed by atoms with van der Waals surface area (Å²) in [6.45, 7) is 1.71. The van der Waals surface area contributed by atoms with Crippen LogP contribution in [0.25, 0.3) is 5.82 Å². The molecule has 1 N–H and O–H groups in total. The lowest BCUT2D eigenvalue weighted by Crippen LogP contribution is -2.09. The van der Waals surface area contributed by atoms with Crippen LogP contribution in [0.5, 0.6) is 0 Å². The van der Waals surface area contributed by atoms with Crippen molar-refractivity contribution in [3.05, 3.63) is 40.8 Å². The summed E-state index contributed by atoms with van der Waals surface area (Å²) in [5, 5.41) is 13.4. The Balaban J connectivity index is 2.64. The minimum atomic E-state index is -1.07. The average molecular weight is 238 g/mol. The molecule has 0 bridgehead atoms. The molecule has 2 rings (SSSR count). The van der Waals surface area contributed by atoms with Crippen molar-refractivity contribution in [1.29, 1.82) is 0 Å². The zero-order valence-electron chi connectivity index (χ0n) is 8.38. The maximum atomic E-state index is 11.0. The summed E-state index contributed by atoms with van der Waals surface area (Å²) in [5.41, 5.74) is 0.636. The number of halogens is 1. The van der Waals surface area contributed by atoms with E-state index in [-0.39, 0.29) is 5.69 Å². The molecule has 0 atom stereocenters. The van der Waals surface area contributed by atoms with E-state index in [0.29, 0.717) is 16.5 Å². The van der Waals surface area contributed by atoms with Gasteiger partial charge in [0.05, 0.1) is 10.7 Å². The standard InChI is InChI=1S/C10H8ClN3O2/c1-6-5-8(10(15)16)14(13-6)9-7(11)3-2-4-12-9/h2-5H,1H3,(H,15,16). The van der Waals surface area contributed by atoms with Crippen molar-refractivity contribution in [3.8, 4) is 5.82 Å². The maximum Gasteiger partial charge on any atom is 0.354 e. The van der Waals surface area contributed by atoms with Crippen molar-refractivity contribution in [2.75, 3.05) is 0 Å². The van der Waals surface area contributed by atoms with E-state index in [0.717, 1.165) is 0 Å². The Morgan fingerprint density at radius 2 is 2.31 bits per heavy atom. The van der Waals surface area contributed by atoms with Gasteiger partial charge in [-0.15, -0.1) is 0 Å². The Morgan fingerprint density at radius 1 is 1.56 bits per heavy atom. The summed E-state index contributed by atoms with van der Waals surface area (Å²) >= 11 is 5.93. The molecular formula is C10H8ClN3O2. The van der Waals surface area contributed by atoms with E-state index >= 15 is 0 Å². The number of hydrogen-bond donors (Lipinski definition) is 1. The third kappa shape index (κ3) is 1.77. The Kier molecular flexibility index (Phi) is 2.62. The Hall–Kier alpha value is -1.88. The number of aryl methyl sites for hydroxylation is 1. The van der Waals surface area contributed by atoms with Gasteiger partial charge in [-0.25, -0.2) is 14.5 Å². The number of carboxylic acids is 1. The molecule has 0 fully saturated rings. The first-order valence-electron chi connectivity index (χ1n) is 4.50. The topological polar surface area (TPSA) is 68.0 Å². The zero-order valence-corrected chi connectivity index (χ0v) is 9.14. The second kappa shape index (κ2) is 3.94. The first kappa shape index (κ1) is 10.6. The molecule has 82 valence electrons. The van der Waals surface area contributed by atoms with E-state index in [4.69, 9.17) is 16.7 Å². The van der Waals surface area contributed by atoms with Gasteiger partial charge in [0.2, 0.25) is 0 Å². The summed E-state index contributed by atoms with van der Waals surface area (Å²) < 4.78 is 1.22. The van der Waals surface area contributed by atoms with Crippen molar-refractivity contribution in [2.45, 2.75) is 6.92 Å². The van der Waals surface area contributed by atoms with E-state index in [1.54, 1.807) is 19.1 Å². The Labute approximate surface area is 96.3 Å². The fraction of sp³-hybridized carbons (Fsp3) is 0.100. The highest BCUT2D eigenvalue weighted by molar-refractivity contribution is 6.32. The lowest BCUT2D eigenvalue weighted by Gasteiger charge is -2.04. The van der Waals surface area contributed by atoms with Crippen LogP contribution in [0.1, 0.15) is 16.2 Å². The van der Waals surface area contributed by atoms with Crippen LogP contribution in [0.3, 0.4) is 0 Å². The molecule has 2 heterocycles. The lowest BCUT2D eigenvalue weighted by molar-refractivity contribution is 0.0687. The SMILES string of the molecule is Cc1cc(C(=O)O)n(-c2ncccc2Cl)n1. The second-order valence-corrected chi connectivity index (χ2v) is 3.60. The molecule has 0 aliphatic heterocycles. The van der Waals surface area contributed by atoms with Gasteiger partial charge < -0.3 is 5.11 Å². The molecule has 0 aliphatic carbocycles. The first-order valence-corrected chi connectivity index (χ1v) is 4.88. The molecule has 0 aliphatic rings. The number of rotatable bonds is 2. The molecule has 2 aromatic heterocycles. The molecule has 2 aromatic rings. The molecule has 0 saturated carbocycles. The maximum absolute atomic E-state index is 11.0. The highest BCUT2D eigenvalue weighted by Crippen LogP contribution is 2.18. The average Bonchev–Trinajstić information content (AvgIpc) is 2.61. The van der Waals surface area contributed by atoms with E-state index < -0.39 is 5.97 Å². The van der Waals surface area contributed by atoms with Crippen LogP contribution in [0.15, 0.2) is 24.4 Å². The quantitative estimate of drug-likeness (QED) is 0.867. The van der Waals surface area contributed by atoms with E-state index in [1.807, 2.05) is 0 Å². The van der Waals surface area contributed by atoms with Gasteiger partial charge in [-0.2, -0.15) is 5.10 Å².